The van der Waals surface area contributed by atoms with E-state index >= 15 is 0 Å². The van der Waals surface area contributed by atoms with E-state index in [-0.39, 0.29) is 11.9 Å². The highest BCUT2D eigenvalue weighted by Gasteiger charge is 2.38. The summed E-state index contributed by atoms with van der Waals surface area (Å²) in [6, 6.07) is 4.53. The molecule has 32 heavy (non-hydrogen) atoms. The van der Waals surface area contributed by atoms with Crippen molar-refractivity contribution in [1.82, 2.24) is 29.7 Å². The largest absolute Gasteiger partial charge is 0.451 e. The van der Waals surface area contributed by atoms with Crippen molar-refractivity contribution in [2.75, 3.05) is 5.32 Å². The molecule has 0 aromatic carbocycles. The van der Waals surface area contributed by atoms with E-state index in [9.17, 15) is 18.0 Å². The first-order valence-corrected chi connectivity index (χ1v) is 9.47. The average Bonchev–Trinajstić information content (AvgIpc) is 3.29. The second-order valence-corrected chi connectivity index (χ2v) is 7.12. The first kappa shape index (κ1) is 21.3. The quantitative estimate of drug-likeness (QED) is 0.485. The fourth-order valence-corrected chi connectivity index (χ4v) is 3.01. The number of aryl methyl sites for hydroxylation is 2. The number of H-pyrrole nitrogens is 1. The molecule has 9 nitrogen and oxygen atoms in total. The number of fused-ring (bicyclic) bond motifs is 1. The summed E-state index contributed by atoms with van der Waals surface area (Å²) in [6.45, 7) is 2.62. The van der Waals surface area contributed by atoms with Gasteiger partial charge in [-0.2, -0.15) is 23.3 Å². The summed E-state index contributed by atoms with van der Waals surface area (Å²) in [7, 11) is 1.72. The molecule has 0 aliphatic carbocycles. The minimum atomic E-state index is -4.53. The zero-order valence-electron chi connectivity index (χ0n) is 17.2. The summed E-state index contributed by atoms with van der Waals surface area (Å²) in [6.07, 6.45) is -2.08. The van der Waals surface area contributed by atoms with Crippen LogP contribution in [-0.2, 0) is 7.05 Å². The topological polar surface area (TPSA) is 111 Å². The van der Waals surface area contributed by atoms with Gasteiger partial charge in [0, 0.05) is 37.1 Å². The van der Waals surface area contributed by atoms with Crippen molar-refractivity contribution < 1.29 is 22.7 Å². The monoisotopic (exact) mass is 445 g/mol. The number of pyridine rings is 1. The number of nitrogens with one attached hydrogen (secondary N) is 2. The van der Waals surface area contributed by atoms with Gasteiger partial charge in [0.1, 0.15) is 5.82 Å². The van der Waals surface area contributed by atoms with E-state index in [1.165, 1.54) is 12.3 Å². The average molecular weight is 445 g/mol. The molecule has 4 aromatic heterocycles. The lowest BCUT2D eigenvalue weighted by molar-refractivity contribution is -0.190. The highest BCUT2D eigenvalue weighted by atomic mass is 19.4. The predicted octanol–water partition coefficient (Wildman–Crippen LogP) is 3.64. The molecule has 4 heterocycles. The molecule has 1 atom stereocenters. The van der Waals surface area contributed by atoms with Crippen molar-refractivity contribution in [3.05, 3.63) is 48.0 Å². The third-order valence-corrected chi connectivity index (χ3v) is 4.66. The molecule has 0 saturated heterocycles. The lowest BCUT2D eigenvalue weighted by Crippen LogP contribution is -2.31. The molecule has 166 valence electrons. The second-order valence-electron chi connectivity index (χ2n) is 7.12. The van der Waals surface area contributed by atoms with Gasteiger partial charge in [-0.25, -0.2) is 9.97 Å². The maximum absolute atomic E-state index is 12.7. The number of aromatic nitrogens is 6. The van der Waals surface area contributed by atoms with Crippen molar-refractivity contribution in [3.63, 3.8) is 0 Å². The highest BCUT2D eigenvalue weighted by Crippen LogP contribution is 2.27. The predicted molar refractivity (Wildman–Crippen MR) is 109 cm³/mol. The van der Waals surface area contributed by atoms with Crippen LogP contribution in [0.1, 0.15) is 23.0 Å². The molecule has 0 fully saturated rings. The summed E-state index contributed by atoms with van der Waals surface area (Å²) in [5.74, 6) is -0.0181. The number of rotatable bonds is 5. The van der Waals surface area contributed by atoms with Crippen LogP contribution in [-0.4, -0.2) is 47.9 Å². The van der Waals surface area contributed by atoms with Crippen molar-refractivity contribution in [3.8, 4) is 17.4 Å². The lowest BCUT2D eigenvalue weighted by Gasteiger charge is -2.16. The standard InChI is InChI=1S/C20H18F3N7O2/c1-10-13(9-30(3)29-10)18(31)28-17-7-15-12(8-25-17)6-16(26-15)14-4-5-24-19(27-14)32-11(2)20(21,22)23/h4-9,11,26H,1-3H3,(H,25,28,31)/t11-/m1/s1. The minimum Gasteiger partial charge on any atom is -0.451 e. The molecule has 12 heteroatoms. The van der Waals surface area contributed by atoms with Crippen LogP contribution < -0.4 is 10.1 Å². The van der Waals surface area contributed by atoms with Gasteiger partial charge in [-0.15, -0.1) is 0 Å². The van der Waals surface area contributed by atoms with Gasteiger partial charge >= 0.3 is 12.2 Å². The van der Waals surface area contributed by atoms with Crippen LogP contribution in [0.5, 0.6) is 6.01 Å². The van der Waals surface area contributed by atoms with Gasteiger partial charge in [-0.1, -0.05) is 0 Å². The number of amides is 1. The molecule has 1 amide bonds. The number of ether oxygens (including phenoxy) is 1. The Kier molecular flexibility index (Phi) is 5.28. The first-order chi connectivity index (χ1) is 15.1. The zero-order valence-corrected chi connectivity index (χ0v) is 17.2. The first-order valence-electron chi connectivity index (χ1n) is 9.47. The maximum Gasteiger partial charge on any atom is 0.425 e. The van der Waals surface area contributed by atoms with Crippen molar-refractivity contribution >= 4 is 22.6 Å². The molecular weight excluding hydrogens is 427 g/mol. The van der Waals surface area contributed by atoms with E-state index in [4.69, 9.17) is 4.74 Å². The normalized spacial score (nSPS) is 12.7. The Balaban J connectivity index is 1.56. The Morgan fingerprint density at radius 1 is 1.28 bits per heavy atom. The smallest absolute Gasteiger partial charge is 0.425 e. The number of carbonyl (C=O) groups excluding carboxylic acids is 1. The Morgan fingerprint density at radius 2 is 2.06 bits per heavy atom. The third kappa shape index (κ3) is 4.38. The van der Waals surface area contributed by atoms with Crippen molar-refractivity contribution in [1.29, 1.82) is 0 Å². The Labute approximate surface area is 179 Å². The number of hydrogen-bond acceptors (Lipinski definition) is 6. The van der Waals surface area contributed by atoms with Crippen LogP contribution >= 0.6 is 0 Å². The van der Waals surface area contributed by atoms with E-state index in [1.807, 2.05) is 0 Å². The van der Waals surface area contributed by atoms with Crippen LogP contribution in [0.4, 0.5) is 19.0 Å². The molecule has 0 aliphatic rings. The number of halogens is 3. The number of carbonyl (C=O) groups is 1. The molecule has 0 unspecified atom stereocenters. The van der Waals surface area contributed by atoms with Gasteiger partial charge < -0.3 is 15.0 Å². The Hall–Kier alpha value is -3.96. The molecule has 2 N–H and O–H groups in total. The fraction of sp³-hybridized carbons (Fsp3) is 0.250. The fourth-order valence-electron chi connectivity index (χ4n) is 3.01. The van der Waals surface area contributed by atoms with Crippen molar-refractivity contribution in [2.45, 2.75) is 26.1 Å². The van der Waals surface area contributed by atoms with Gasteiger partial charge in [0.2, 0.25) is 0 Å². The van der Waals surface area contributed by atoms with Gasteiger partial charge in [0.15, 0.2) is 6.10 Å². The zero-order chi connectivity index (χ0) is 23.0. The summed E-state index contributed by atoms with van der Waals surface area (Å²) >= 11 is 0. The third-order valence-electron chi connectivity index (χ3n) is 4.66. The maximum atomic E-state index is 12.7. The van der Waals surface area contributed by atoms with Crippen LogP contribution in [0.15, 0.2) is 36.8 Å². The van der Waals surface area contributed by atoms with Crippen LogP contribution in [0.25, 0.3) is 22.3 Å². The summed E-state index contributed by atoms with van der Waals surface area (Å²) < 4.78 is 44.5. The van der Waals surface area contributed by atoms with Gasteiger partial charge in [0.05, 0.1) is 28.2 Å². The molecule has 0 aliphatic heterocycles. The van der Waals surface area contributed by atoms with E-state index in [0.29, 0.717) is 34.0 Å². The number of aromatic amines is 1. The number of anilines is 1. The van der Waals surface area contributed by atoms with Crippen LogP contribution in [0.2, 0.25) is 0 Å². The van der Waals surface area contributed by atoms with Gasteiger partial charge in [-0.3, -0.25) is 9.48 Å². The summed E-state index contributed by atoms with van der Waals surface area (Å²) in [4.78, 5) is 27.6. The molecule has 0 spiro atoms. The molecule has 4 rings (SSSR count). The minimum absolute atomic E-state index is 0.324. The second kappa shape index (κ2) is 7.94. The summed E-state index contributed by atoms with van der Waals surface area (Å²) in [5, 5.41) is 7.59. The van der Waals surface area contributed by atoms with E-state index in [1.54, 1.807) is 43.2 Å². The summed E-state index contributed by atoms with van der Waals surface area (Å²) in [5.41, 5.74) is 2.55. The van der Waals surface area contributed by atoms with Crippen molar-refractivity contribution in [2.24, 2.45) is 7.05 Å². The molecule has 0 bridgehead atoms. The van der Waals surface area contributed by atoms with Crippen LogP contribution in [0.3, 0.4) is 0 Å². The number of hydrogen-bond donors (Lipinski definition) is 2. The SMILES string of the molecule is Cc1nn(C)cc1C(=O)Nc1cc2[nH]c(-c3ccnc(O[C@H](C)C(F)(F)F)n3)cc2cn1. The van der Waals surface area contributed by atoms with E-state index in [0.717, 1.165) is 12.3 Å². The Morgan fingerprint density at radius 3 is 2.75 bits per heavy atom. The highest BCUT2D eigenvalue weighted by molar-refractivity contribution is 6.05. The number of nitrogens with zero attached hydrogens (tertiary/aromatic N) is 5. The van der Waals surface area contributed by atoms with E-state index < -0.39 is 12.3 Å². The van der Waals surface area contributed by atoms with Gasteiger partial charge in [0.25, 0.3) is 5.91 Å². The Bertz CT molecular complexity index is 1300. The molecular formula is C20H18F3N7O2. The molecule has 0 radical (unpaired) electrons. The number of alkyl halides is 3. The van der Waals surface area contributed by atoms with Gasteiger partial charge in [-0.05, 0) is 26.0 Å². The molecule has 4 aromatic rings. The van der Waals surface area contributed by atoms with E-state index in [2.05, 4.69) is 30.4 Å². The van der Waals surface area contributed by atoms with Crippen LogP contribution in [0, 0.1) is 6.92 Å². The molecule has 0 saturated carbocycles. The lowest BCUT2D eigenvalue weighted by atomic mass is 10.2.